The van der Waals surface area contributed by atoms with Crippen molar-refractivity contribution in [3.05, 3.63) is 41.4 Å². The SMILES string of the molecule is CNCc1ncc(-c2cccc(C)c2C)o1. The standard InChI is InChI=1S/C13H16N2O/c1-9-5-4-6-11(10(9)2)12-7-15-13(16-12)8-14-3/h4-7,14H,8H2,1-3H3. The summed E-state index contributed by atoms with van der Waals surface area (Å²) in [6.45, 7) is 4.86. The van der Waals surface area contributed by atoms with E-state index in [2.05, 4.69) is 36.3 Å². The molecule has 0 unspecified atom stereocenters. The molecule has 1 heterocycles. The van der Waals surface area contributed by atoms with Crippen LogP contribution in [-0.2, 0) is 6.54 Å². The van der Waals surface area contributed by atoms with Crippen LogP contribution in [0.2, 0.25) is 0 Å². The third-order valence-electron chi connectivity index (χ3n) is 2.75. The van der Waals surface area contributed by atoms with Crippen molar-refractivity contribution >= 4 is 0 Å². The van der Waals surface area contributed by atoms with Gasteiger partial charge >= 0.3 is 0 Å². The van der Waals surface area contributed by atoms with Gasteiger partial charge in [-0.05, 0) is 32.0 Å². The van der Waals surface area contributed by atoms with Crippen molar-refractivity contribution in [2.75, 3.05) is 7.05 Å². The molecule has 1 N–H and O–H groups in total. The van der Waals surface area contributed by atoms with Gasteiger partial charge in [0.25, 0.3) is 0 Å². The minimum Gasteiger partial charge on any atom is -0.439 e. The lowest BCUT2D eigenvalue weighted by molar-refractivity contribution is 0.490. The second-order valence-electron chi connectivity index (χ2n) is 3.90. The van der Waals surface area contributed by atoms with Gasteiger partial charge in [-0.25, -0.2) is 4.98 Å². The van der Waals surface area contributed by atoms with Crippen LogP contribution in [0.5, 0.6) is 0 Å². The molecule has 0 radical (unpaired) electrons. The third kappa shape index (κ3) is 1.99. The monoisotopic (exact) mass is 216 g/mol. The van der Waals surface area contributed by atoms with E-state index in [9.17, 15) is 0 Å². The molecule has 0 aliphatic rings. The first-order valence-electron chi connectivity index (χ1n) is 5.38. The molecule has 2 aromatic rings. The Balaban J connectivity index is 2.39. The molecule has 0 saturated heterocycles. The molecular formula is C13H16N2O. The van der Waals surface area contributed by atoms with Crippen molar-refractivity contribution in [3.8, 4) is 11.3 Å². The van der Waals surface area contributed by atoms with Gasteiger partial charge in [-0.1, -0.05) is 18.2 Å². The second kappa shape index (κ2) is 4.49. The first kappa shape index (κ1) is 10.9. The number of nitrogens with one attached hydrogen (secondary N) is 1. The Hall–Kier alpha value is -1.61. The van der Waals surface area contributed by atoms with E-state index in [1.54, 1.807) is 6.20 Å². The number of oxazole rings is 1. The summed E-state index contributed by atoms with van der Waals surface area (Å²) in [6.07, 6.45) is 1.79. The van der Waals surface area contributed by atoms with Crippen molar-refractivity contribution in [1.29, 1.82) is 0 Å². The summed E-state index contributed by atoms with van der Waals surface area (Å²) < 4.78 is 5.67. The van der Waals surface area contributed by atoms with Crippen molar-refractivity contribution < 1.29 is 4.42 Å². The molecule has 0 atom stereocenters. The van der Waals surface area contributed by atoms with Crippen LogP contribution in [0.4, 0.5) is 0 Å². The fourth-order valence-electron chi connectivity index (χ4n) is 1.69. The predicted octanol–water partition coefficient (Wildman–Crippen LogP) is 2.68. The van der Waals surface area contributed by atoms with Gasteiger partial charge in [-0.2, -0.15) is 0 Å². The zero-order valence-electron chi connectivity index (χ0n) is 9.87. The highest BCUT2D eigenvalue weighted by atomic mass is 16.4. The Morgan fingerprint density at radius 3 is 2.88 bits per heavy atom. The van der Waals surface area contributed by atoms with Crippen LogP contribution >= 0.6 is 0 Å². The normalized spacial score (nSPS) is 10.7. The van der Waals surface area contributed by atoms with Crippen LogP contribution in [0, 0.1) is 13.8 Å². The minimum absolute atomic E-state index is 0.658. The summed E-state index contributed by atoms with van der Waals surface area (Å²) in [5.41, 5.74) is 3.63. The fraction of sp³-hybridized carbons (Fsp3) is 0.308. The molecule has 0 aliphatic carbocycles. The quantitative estimate of drug-likeness (QED) is 0.857. The molecule has 0 amide bonds. The molecule has 0 aliphatic heterocycles. The molecule has 2 rings (SSSR count). The third-order valence-corrected chi connectivity index (χ3v) is 2.75. The lowest BCUT2D eigenvalue weighted by atomic mass is 10.0. The van der Waals surface area contributed by atoms with Gasteiger partial charge < -0.3 is 9.73 Å². The number of rotatable bonds is 3. The minimum atomic E-state index is 0.658. The van der Waals surface area contributed by atoms with Gasteiger partial charge in [0, 0.05) is 5.56 Å². The molecular weight excluding hydrogens is 200 g/mol. The second-order valence-corrected chi connectivity index (χ2v) is 3.90. The highest BCUT2D eigenvalue weighted by Crippen LogP contribution is 2.25. The predicted molar refractivity (Wildman–Crippen MR) is 64.2 cm³/mol. The molecule has 0 saturated carbocycles. The van der Waals surface area contributed by atoms with Crippen LogP contribution in [0.1, 0.15) is 17.0 Å². The maximum absolute atomic E-state index is 5.67. The molecule has 16 heavy (non-hydrogen) atoms. The molecule has 1 aromatic heterocycles. The molecule has 1 aromatic carbocycles. The number of hydrogen-bond donors (Lipinski definition) is 1. The first-order valence-corrected chi connectivity index (χ1v) is 5.38. The number of nitrogens with zero attached hydrogens (tertiary/aromatic N) is 1. The number of aromatic nitrogens is 1. The number of aryl methyl sites for hydroxylation is 1. The Morgan fingerprint density at radius 1 is 1.31 bits per heavy atom. The Kier molecular flexibility index (Phi) is 3.06. The average molecular weight is 216 g/mol. The van der Waals surface area contributed by atoms with Gasteiger partial charge in [0.2, 0.25) is 5.89 Å². The van der Waals surface area contributed by atoms with E-state index < -0.39 is 0 Å². The summed E-state index contributed by atoms with van der Waals surface area (Å²) in [5.74, 6) is 1.56. The molecule has 0 spiro atoms. The molecule has 0 fully saturated rings. The maximum Gasteiger partial charge on any atom is 0.208 e. The highest BCUT2D eigenvalue weighted by Gasteiger charge is 2.09. The molecule has 0 bridgehead atoms. The molecule has 84 valence electrons. The lowest BCUT2D eigenvalue weighted by Gasteiger charge is -2.04. The van der Waals surface area contributed by atoms with Crippen molar-refractivity contribution in [2.45, 2.75) is 20.4 Å². The highest BCUT2D eigenvalue weighted by molar-refractivity contribution is 5.62. The number of hydrogen-bond acceptors (Lipinski definition) is 3. The van der Waals surface area contributed by atoms with Crippen LogP contribution in [0.15, 0.2) is 28.8 Å². The van der Waals surface area contributed by atoms with Gasteiger partial charge in [0.1, 0.15) is 0 Å². The molecule has 3 heteroatoms. The zero-order chi connectivity index (χ0) is 11.5. The van der Waals surface area contributed by atoms with Gasteiger partial charge in [-0.15, -0.1) is 0 Å². The maximum atomic E-state index is 5.67. The smallest absolute Gasteiger partial charge is 0.208 e. The van der Waals surface area contributed by atoms with E-state index in [1.807, 2.05) is 13.1 Å². The number of benzene rings is 1. The van der Waals surface area contributed by atoms with Crippen LogP contribution < -0.4 is 5.32 Å². The van der Waals surface area contributed by atoms with Gasteiger partial charge in [0.05, 0.1) is 12.7 Å². The Bertz CT molecular complexity index is 488. The summed E-state index contributed by atoms with van der Waals surface area (Å²) in [4.78, 5) is 4.22. The van der Waals surface area contributed by atoms with Gasteiger partial charge in [-0.3, -0.25) is 0 Å². The fourth-order valence-corrected chi connectivity index (χ4v) is 1.69. The van der Waals surface area contributed by atoms with E-state index in [1.165, 1.54) is 11.1 Å². The average Bonchev–Trinajstić information content (AvgIpc) is 2.71. The summed E-state index contributed by atoms with van der Waals surface area (Å²) >= 11 is 0. The largest absolute Gasteiger partial charge is 0.439 e. The Labute approximate surface area is 95.5 Å². The summed E-state index contributed by atoms with van der Waals surface area (Å²) in [5, 5.41) is 3.02. The van der Waals surface area contributed by atoms with Crippen molar-refractivity contribution in [1.82, 2.24) is 10.3 Å². The van der Waals surface area contributed by atoms with Crippen molar-refractivity contribution in [2.24, 2.45) is 0 Å². The first-order chi connectivity index (χ1) is 7.72. The zero-order valence-corrected chi connectivity index (χ0v) is 9.87. The summed E-state index contributed by atoms with van der Waals surface area (Å²) in [6, 6.07) is 6.20. The van der Waals surface area contributed by atoms with Gasteiger partial charge in [0.15, 0.2) is 5.76 Å². The van der Waals surface area contributed by atoms with E-state index in [0.29, 0.717) is 6.54 Å². The topological polar surface area (TPSA) is 38.1 Å². The van der Waals surface area contributed by atoms with Crippen LogP contribution in [0.25, 0.3) is 11.3 Å². The van der Waals surface area contributed by atoms with E-state index >= 15 is 0 Å². The van der Waals surface area contributed by atoms with Crippen LogP contribution in [-0.4, -0.2) is 12.0 Å². The Morgan fingerprint density at radius 2 is 2.12 bits per heavy atom. The van der Waals surface area contributed by atoms with E-state index in [-0.39, 0.29) is 0 Å². The molecule has 3 nitrogen and oxygen atoms in total. The van der Waals surface area contributed by atoms with Crippen molar-refractivity contribution in [3.63, 3.8) is 0 Å². The lowest BCUT2D eigenvalue weighted by Crippen LogP contribution is -2.04. The van der Waals surface area contributed by atoms with E-state index in [4.69, 9.17) is 4.42 Å². The van der Waals surface area contributed by atoms with Crippen LogP contribution in [0.3, 0.4) is 0 Å². The summed E-state index contributed by atoms with van der Waals surface area (Å²) in [7, 11) is 1.88. The van der Waals surface area contributed by atoms with E-state index in [0.717, 1.165) is 17.2 Å².